The molecule has 9 heteroatoms. The van der Waals surface area contributed by atoms with Crippen molar-refractivity contribution in [3.8, 4) is 11.5 Å². The molecule has 0 saturated heterocycles. The fraction of sp³-hybridized carbons (Fsp3) is 0.0476. The van der Waals surface area contributed by atoms with E-state index in [2.05, 4.69) is 25.1 Å². The topological polar surface area (TPSA) is 73.0 Å². The van der Waals surface area contributed by atoms with Crippen molar-refractivity contribution in [1.29, 1.82) is 0 Å². The number of H-pyrrole nitrogens is 1. The zero-order valence-corrected chi connectivity index (χ0v) is 16.8. The van der Waals surface area contributed by atoms with E-state index in [1.54, 1.807) is 36.7 Å². The molecule has 0 aliphatic carbocycles. The lowest BCUT2D eigenvalue weighted by atomic mass is 10.2. The molecule has 0 spiro atoms. The van der Waals surface area contributed by atoms with E-state index in [4.69, 9.17) is 34.5 Å². The van der Waals surface area contributed by atoms with Crippen LogP contribution >= 0.6 is 23.2 Å². The van der Waals surface area contributed by atoms with E-state index in [0.717, 1.165) is 27.6 Å². The summed E-state index contributed by atoms with van der Waals surface area (Å²) in [6.45, 7) is 7.66. The molecule has 0 saturated carbocycles. The number of aromatic nitrogens is 5. The van der Waals surface area contributed by atoms with Crippen LogP contribution in [0.15, 0.2) is 54.9 Å². The smallest absolute Gasteiger partial charge is 0.192 e. The number of pyridine rings is 1. The van der Waals surface area contributed by atoms with Gasteiger partial charge in [-0.05, 0) is 42.5 Å². The van der Waals surface area contributed by atoms with Crippen LogP contribution in [-0.2, 0) is 6.54 Å². The van der Waals surface area contributed by atoms with Crippen molar-refractivity contribution in [2.45, 2.75) is 6.54 Å². The van der Waals surface area contributed by atoms with Crippen LogP contribution in [0.2, 0.25) is 10.0 Å². The maximum absolute atomic E-state index is 7.20. The maximum Gasteiger partial charge on any atom is 0.192 e. The summed E-state index contributed by atoms with van der Waals surface area (Å²) in [6, 6.07) is 12.3. The highest BCUT2D eigenvalue weighted by molar-refractivity contribution is 6.33. The molecule has 2 aromatic carbocycles. The average molecular weight is 435 g/mol. The first-order valence-electron chi connectivity index (χ1n) is 8.90. The summed E-state index contributed by atoms with van der Waals surface area (Å²) in [4.78, 5) is 7.68. The van der Waals surface area contributed by atoms with E-state index in [1.165, 1.54) is 0 Å². The minimum atomic E-state index is 0.385. The van der Waals surface area contributed by atoms with Crippen molar-refractivity contribution in [1.82, 2.24) is 25.0 Å². The maximum atomic E-state index is 7.20. The number of hydrogen-bond acceptors (Lipinski definition) is 4. The van der Waals surface area contributed by atoms with Gasteiger partial charge < -0.3 is 4.74 Å². The number of benzene rings is 2. The molecule has 0 radical (unpaired) electrons. The van der Waals surface area contributed by atoms with Gasteiger partial charge in [0.25, 0.3) is 0 Å². The molecule has 1 N–H and O–H groups in total. The highest BCUT2D eigenvalue weighted by atomic mass is 35.5. The van der Waals surface area contributed by atoms with E-state index in [-0.39, 0.29) is 0 Å². The number of halogens is 2. The second-order valence-electron chi connectivity index (χ2n) is 6.54. The lowest BCUT2D eigenvalue weighted by molar-refractivity contribution is 0.489. The second kappa shape index (κ2) is 7.34. The van der Waals surface area contributed by atoms with Crippen LogP contribution in [0.5, 0.6) is 11.5 Å². The third-order valence-electron chi connectivity index (χ3n) is 4.65. The number of nitrogens with one attached hydrogen (secondary N) is 1. The molecule has 3 heterocycles. The molecular weight excluding hydrogens is 423 g/mol. The second-order valence-corrected chi connectivity index (χ2v) is 7.38. The summed E-state index contributed by atoms with van der Waals surface area (Å²) < 4.78 is 7.84. The molecule has 146 valence electrons. The first kappa shape index (κ1) is 18.4. The van der Waals surface area contributed by atoms with E-state index < -0.39 is 0 Å². The molecule has 7 nitrogen and oxygen atoms in total. The summed E-state index contributed by atoms with van der Waals surface area (Å²) in [5, 5.41) is 14.3. The van der Waals surface area contributed by atoms with Gasteiger partial charge in [-0.1, -0.05) is 23.2 Å². The highest BCUT2D eigenvalue weighted by Crippen LogP contribution is 2.38. The number of fused-ring (bicyclic) bond motifs is 2. The van der Waals surface area contributed by atoms with Crippen molar-refractivity contribution >= 4 is 50.8 Å². The SMILES string of the molecule is [C-]#[N+]c1cc(Cl)cc(Oc2c(Cl)ccc3c2cnn3Cc2n[nH]c3ncccc23)c1. The Bertz CT molecular complexity index is 1450. The van der Waals surface area contributed by atoms with Gasteiger partial charge in [-0.25, -0.2) is 9.83 Å². The molecule has 30 heavy (non-hydrogen) atoms. The number of rotatable bonds is 4. The van der Waals surface area contributed by atoms with E-state index >= 15 is 0 Å². The zero-order chi connectivity index (χ0) is 20.7. The number of aromatic amines is 1. The number of nitrogens with zero attached hydrogens (tertiary/aromatic N) is 5. The van der Waals surface area contributed by atoms with Crippen molar-refractivity contribution in [3.05, 3.63) is 82.0 Å². The van der Waals surface area contributed by atoms with Crippen LogP contribution < -0.4 is 4.74 Å². The van der Waals surface area contributed by atoms with Crippen LogP contribution in [0.4, 0.5) is 5.69 Å². The molecule has 0 atom stereocenters. The summed E-state index contributed by atoms with van der Waals surface area (Å²) in [5.74, 6) is 0.882. The Labute approximate surface area is 180 Å². The van der Waals surface area contributed by atoms with Gasteiger partial charge in [0, 0.05) is 16.6 Å². The van der Waals surface area contributed by atoms with Gasteiger partial charge in [-0.15, -0.1) is 0 Å². The molecule has 0 bridgehead atoms. The van der Waals surface area contributed by atoms with Gasteiger partial charge in [0.05, 0.1) is 40.9 Å². The molecule has 3 aromatic heterocycles. The summed E-state index contributed by atoms with van der Waals surface area (Å²) in [6.07, 6.45) is 3.42. The first-order chi connectivity index (χ1) is 14.6. The molecule has 0 unspecified atom stereocenters. The van der Waals surface area contributed by atoms with Crippen LogP contribution in [0.25, 0.3) is 26.8 Å². The molecule has 0 amide bonds. The van der Waals surface area contributed by atoms with Crippen LogP contribution in [-0.4, -0.2) is 25.0 Å². The number of ether oxygens (including phenoxy) is 1. The predicted octanol–water partition coefficient (Wildman–Crippen LogP) is 6.01. The van der Waals surface area contributed by atoms with Gasteiger partial charge in [-0.2, -0.15) is 10.2 Å². The predicted molar refractivity (Wildman–Crippen MR) is 116 cm³/mol. The van der Waals surface area contributed by atoms with Gasteiger partial charge in [0.2, 0.25) is 0 Å². The Balaban J connectivity index is 1.55. The van der Waals surface area contributed by atoms with E-state index in [0.29, 0.717) is 33.8 Å². The Morgan fingerprint density at radius 1 is 1.13 bits per heavy atom. The molecule has 5 aromatic rings. The third kappa shape index (κ3) is 3.22. The highest BCUT2D eigenvalue weighted by Gasteiger charge is 2.16. The van der Waals surface area contributed by atoms with Gasteiger partial charge >= 0.3 is 0 Å². The average Bonchev–Trinajstić information content (AvgIpc) is 3.34. The summed E-state index contributed by atoms with van der Waals surface area (Å²) >= 11 is 12.5. The summed E-state index contributed by atoms with van der Waals surface area (Å²) in [7, 11) is 0. The standard InChI is InChI=1S/C21H12Cl2N6O/c1-24-13-7-12(22)8-14(9-13)30-20-16-10-26-29(19(16)5-4-17(20)23)11-18-15-3-2-6-25-21(15)28-27-18/h2-10H,11H2,(H,25,27,28). The van der Waals surface area contributed by atoms with Crippen LogP contribution in [0.3, 0.4) is 0 Å². The number of hydrogen-bond donors (Lipinski definition) is 1. The lowest BCUT2D eigenvalue weighted by Crippen LogP contribution is -2.02. The van der Waals surface area contributed by atoms with E-state index in [9.17, 15) is 0 Å². The van der Waals surface area contributed by atoms with Crippen LogP contribution in [0, 0.1) is 6.57 Å². The normalized spacial score (nSPS) is 11.1. The molecule has 5 rings (SSSR count). The quantitative estimate of drug-likeness (QED) is 0.351. The fourth-order valence-electron chi connectivity index (χ4n) is 3.29. The molecular formula is C21H12Cl2N6O. The minimum absolute atomic E-state index is 0.385. The van der Waals surface area contributed by atoms with E-state index in [1.807, 2.05) is 22.9 Å². The van der Waals surface area contributed by atoms with Gasteiger partial charge in [0.15, 0.2) is 17.1 Å². The van der Waals surface area contributed by atoms with Crippen molar-refractivity contribution in [3.63, 3.8) is 0 Å². The van der Waals surface area contributed by atoms with Gasteiger partial charge in [-0.3, -0.25) is 9.78 Å². The Kier molecular flexibility index (Phi) is 4.51. The van der Waals surface area contributed by atoms with Crippen LogP contribution in [0.1, 0.15) is 5.69 Å². The Morgan fingerprint density at radius 2 is 2.03 bits per heavy atom. The Hall–Kier alpha value is -3.60. The largest absolute Gasteiger partial charge is 0.456 e. The van der Waals surface area contributed by atoms with Crippen molar-refractivity contribution < 1.29 is 4.74 Å². The Morgan fingerprint density at radius 3 is 2.90 bits per heavy atom. The van der Waals surface area contributed by atoms with Crippen molar-refractivity contribution in [2.75, 3.05) is 0 Å². The zero-order valence-electron chi connectivity index (χ0n) is 15.3. The van der Waals surface area contributed by atoms with Crippen molar-refractivity contribution in [2.24, 2.45) is 0 Å². The lowest BCUT2D eigenvalue weighted by Gasteiger charge is -2.10. The minimum Gasteiger partial charge on any atom is -0.456 e. The molecule has 0 aliphatic rings. The monoisotopic (exact) mass is 434 g/mol. The fourth-order valence-corrected chi connectivity index (χ4v) is 3.71. The first-order valence-corrected chi connectivity index (χ1v) is 9.66. The molecule has 0 fully saturated rings. The van der Waals surface area contributed by atoms with Gasteiger partial charge in [0.1, 0.15) is 5.75 Å². The molecule has 0 aliphatic heterocycles. The third-order valence-corrected chi connectivity index (χ3v) is 5.17. The summed E-state index contributed by atoms with van der Waals surface area (Å²) in [5.41, 5.74) is 2.78.